The average Bonchev–Trinajstić information content (AvgIpc) is 3.22. The molecule has 3 rings (SSSR count). The molecule has 1 atom stereocenters. The summed E-state index contributed by atoms with van der Waals surface area (Å²) >= 11 is 0. The number of hydrogen-bond donors (Lipinski definition) is 1. The van der Waals surface area contributed by atoms with Crippen molar-refractivity contribution in [3.63, 3.8) is 0 Å². The number of rotatable bonds is 4. The summed E-state index contributed by atoms with van der Waals surface area (Å²) in [6.45, 7) is 4.27. The van der Waals surface area contributed by atoms with Crippen molar-refractivity contribution in [2.75, 3.05) is 11.4 Å². The largest absolute Gasteiger partial charge is 0.338 e. The normalized spacial score (nSPS) is 24.3. The fourth-order valence-electron chi connectivity index (χ4n) is 2.53. The zero-order valence-electron chi connectivity index (χ0n) is 11.1. The van der Waals surface area contributed by atoms with Crippen LogP contribution in [0.15, 0.2) is 12.4 Å². The SMILES string of the molecule is CC1CCCCN1c1ncc(CNC2CC2)cn1. The lowest BCUT2D eigenvalue weighted by Crippen LogP contribution is -2.38. The van der Waals surface area contributed by atoms with Gasteiger partial charge in [-0.3, -0.25) is 0 Å². The Bertz CT molecular complexity index is 385. The van der Waals surface area contributed by atoms with Crippen LogP contribution < -0.4 is 10.2 Å². The highest BCUT2D eigenvalue weighted by molar-refractivity contribution is 5.32. The Morgan fingerprint density at radius 2 is 2.00 bits per heavy atom. The van der Waals surface area contributed by atoms with Crippen molar-refractivity contribution in [1.29, 1.82) is 0 Å². The summed E-state index contributed by atoms with van der Waals surface area (Å²) in [4.78, 5) is 11.4. The van der Waals surface area contributed by atoms with Gasteiger partial charge in [-0.1, -0.05) is 0 Å². The van der Waals surface area contributed by atoms with Gasteiger partial charge in [-0.25, -0.2) is 9.97 Å². The first-order chi connectivity index (χ1) is 8.83. The van der Waals surface area contributed by atoms with Crippen LogP contribution in [0.3, 0.4) is 0 Å². The monoisotopic (exact) mass is 246 g/mol. The van der Waals surface area contributed by atoms with Crippen molar-refractivity contribution in [3.8, 4) is 0 Å². The summed E-state index contributed by atoms with van der Waals surface area (Å²) in [6.07, 6.45) is 10.4. The molecule has 2 fully saturated rings. The van der Waals surface area contributed by atoms with Gasteiger partial charge in [0.25, 0.3) is 0 Å². The first-order valence-electron chi connectivity index (χ1n) is 7.14. The van der Waals surface area contributed by atoms with Crippen molar-refractivity contribution in [2.45, 2.75) is 57.7 Å². The minimum absolute atomic E-state index is 0.578. The van der Waals surface area contributed by atoms with Crippen LogP contribution >= 0.6 is 0 Å². The van der Waals surface area contributed by atoms with E-state index in [1.165, 1.54) is 37.7 Å². The molecule has 0 spiro atoms. The highest BCUT2D eigenvalue weighted by atomic mass is 15.3. The first kappa shape index (κ1) is 11.9. The molecule has 1 unspecified atom stereocenters. The summed E-state index contributed by atoms with van der Waals surface area (Å²) in [7, 11) is 0. The Hall–Kier alpha value is -1.16. The second kappa shape index (κ2) is 5.22. The number of nitrogens with zero attached hydrogens (tertiary/aromatic N) is 3. The standard InChI is InChI=1S/C14H22N4/c1-11-4-2-3-7-18(11)14-16-9-12(10-17-14)8-15-13-5-6-13/h9-11,13,15H,2-8H2,1H3. The highest BCUT2D eigenvalue weighted by Crippen LogP contribution is 2.21. The molecule has 2 heterocycles. The third kappa shape index (κ3) is 2.80. The maximum absolute atomic E-state index is 4.53. The van der Waals surface area contributed by atoms with Crippen LogP contribution in [0.1, 0.15) is 44.6 Å². The number of nitrogens with one attached hydrogen (secondary N) is 1. The predicted octanol–water partition coefficient (Wildman–Crippen LogP) is 2.11. The van der Waals surface area contributed by atoms with Gasteiger partial charge < -0.3 is 10.2 Å². The van der Waals surface area contributed by atoms with Crippen LogP contribution in [0.25, 0.3) is 0 Å². The van der Waals surface area contributed by atoms with Crippen molar-refractivity contribution < 1.29 is 0 Å². The Morgan fingerprint density at radius 3 is 2.67 bits per heavy atom. The Labute approximate surface area is 109 Å². The van der Waals surface area contributed by atoms with Gasteiger partial charge in [0.1, 0.15) is 0 Å². The minimum Gasteiger partial charge on any atom is -0.338 e. The van der Waals surface area contributed by atoms with Crippen molar-refractivity contribution >= 4 is 5.95 Å². The number of aromatic nitrogens is 2. The van der Waals surface area contributed by atoms with Crippen LogP contribution in [-0.2, 0) is 6.54 Å². The molecule has 98 valence electrons. The molecule has 0 aromatic carbocycles. The van der Waals surface area contributed by atoms with Gasteiger partial charge in [0.15, 0.2) is 0 Å². The van der Waals surface area contributed by atoms with Gasteiger partial charge in [0, 0.05) is 43.1 Å². The van der Waals surface area contributed by atoms with E-state index in [0.717, 1.165) is 25.1 Å². The molecule has 0 amide bonds. The van der Waals surface area contributed by atoms with E-state index >= 15 is 0 Å². The van der Waals surface area contributed by atoms with E-state index in [9.17, 15) is 0 Å². The molecular weight excluding hydrogens is 224 g/mol. The maximum Gasteiger partial charge on any atom is 0.225 e. The molecule has 0 bridgehead atoms. The van der Waals surface area contributed by atoms with E-state index in [2.05, 4.69) is 27.1 Å². The van der Waals surface area contributed by atoms with Crippen molar-refractivity contribution in [3.05, 3.63) is 18.0 Å². The van der Waals surface area contributed by atoms with E-state index in [0.29, 0.717) is 6.04 Å². The molecule has 1 N–H and O–H groups in total. The van der Waals surface area contributed by atoms with E-state index < -0.39 is 0 Å². The Morgan fingerprint density at radius 1 is 1.22 bits per heavy atom. The third-order valence-electron chi connectivity index (χ3n) is 3.92. The number of anilines is 1. The van der Waals surface area contributed by atoms with E-state index in [-0.39, 0.29) is 0 Å². The zero-order chi connectivity index (χ0) is 12.4. The fourth-order valence-corrected chi connectivity index (χ4v) is 2.53. The third-order valence-corrected chi connectivity index (χ3v) is 3.92. The van der Waals surface area contributed by atoms with E-state index in [1.54, 1.807) is 0 Å². The number of hydrogen-bond acceptors (Lipinski definition) is 4. The molecule has 1 aliphatic carbocycles. The van der Waals surface area contributed by atoms with Crippen LogP contribution in [0, 0.1) is 0 Å². The smallest absolute Gasteiger partial charge is 0.225 e. The molecule has 1 aromatic rings. The summed E-state index contributed by atoms with van der Waals surface area (Å²) in [5, 5.41) is 3.49. The fraction of sp³-hybridized carbons (Fsp3) is 0.714. The predicted molar refractivity (Wildman–Crippen MR) is 72.6 cm³/mol. The van der Waals surface area contributed by atoms with Gasteiger partial charge in [-0.05, 0) is 39.0 Å². The molecule has 1 aliphatic heterocycles. The van der Waals surface area contributed by atoms with E-state index in [1.807, 2.05) is 12.4 Å². The van der Waals surface area contributed by atoms with Gasteiger partial charge >= 0.3 is 0 Å². The summed E-state index contributed by atoms with van der Waals surface area (Å²) < 4.78 is 0. The van der Waals surface area contributed by atoms with Gasteiger partial charge in [-0.15, -0.1) is 0 Å². The average molecular weight is 246 g/mol. The Balaban J connectivity index is 1.61. The molecule has 1 aromatic heterocycles. The second-order valence-electron chi connectivity index (χ2n) is 5.58. The summed E-state index contributed by atoms with van der Waals surface area (Å²) in [6, 6.07) is 1.32. The summed E-state index contributed by atoms with van der Waals surface area (Å²) in [5.74, 6) is 0.900. The first-order valence-corrected chi connectivity index (χ1v) is 7.14. The van der Waals surface area contributed by atoms with Crippen LogP contribution in [0.5, 0.6) is 0 Å². The molecule has 18 heavy (non-hydrogen) atoms. The van der Waals surface area contributed by atoms with Gasteiger partial charge in [0.2, 0.25) is 5.95 Å². The van der Waals surface area contributed by atoms with Gasteiger partial charge in [-0.2, -0.15) is 0 Å². The number of piperidine rings is 1. The van der Waals surface area contributed by atoms with E-state index in [4.69, 9.17) is 0 Å². The van der Waals surface area contributed by atoms with Gasteiger partial charge in [0.05, 0.1) is 0 Å². The van der Waals surface area contributed by atoms with Crippen LogP contribution in [0.2, 0.25) is 0 Å². The second-order valence-corrected chi connectivity index (χ2v) is 5.58. The lowest BCUT2D eigenvalue weighted by molar-refractivity contribution is 0.477. The highest BCUT2D eigenvalue weighted by Gasteiger charge is 2.21. The topological polar surface area (TPSA) is 41.1 Å². The van der Waals surface area contributed by atoms with Crippen molar-refractivity contribution in [2.24, 2.45) is 0 Å². The molecular formula is C14H22N4. The molecule has 2 aliphatic rings. The Kier molecular flexibility index (Phi) is 3.46. The quantitative estimate of drug-likeness (QED) is 0.883. The minimum atomic E-state index is 0.578. The molecule has 0 radical (unpaired) electrons. The lowest BCUT2D eigenvalue weighted by Gasteiger charge is -2.33. The van der Waals surface area contributed by atoms with Crippen LogP contribution in [0.4, 0.5) is 5.95 Å². The molecule has 1 saturated heterocycles. The van der Waals surface area contributed by atoms with Crippen LogP contribution in [-0.4, -0.2) is 28.6 Å². The zero-order valence-corrected chi connectivity index (χ0v) is 11.1. The van der Waals surface area contributed by atoms with Crippen molar-refractivity contribution in [1.82, 2.24) is 15.3 Å². The lowest BCUT2D eigenvalue weighted by atomic mass is 10.0. The molecule has 4 heteroatoms. The maximum atomic E-state index is 4.53. The summed E-state index contributed by atoms with van der Waals surface area (Å²) in [5.41, 5.74) is 1.19. The molecule has 1 saturated carbocycles. The molecule has 4 nitrogen and oxygen atoms in total.